The van der Waals surface area contributed by atoms with Gasteiger partial charge in [-0.3, -0.25) is 14.4 Å². The van der Waals surface area contributed by atoms with Gasteiger partial charge in [0.05, 0.1) is 17.0 Å². The van der Waals surface area contributed by atoms with Crippen molar-refractivity contribution in [3.63, 3.8) is 0 Å². The second-order valence-corrected chi connectivity index (χ2v) is 6.95. The molecule has 144 valence electrons. The summed E-state index contributed by atoms with van der Waals surface area (Å²) in [6, 6.07) is 5.77. The predicted octanol–water partition coefficient (Wildman–Crippen LogP) is 1.29. The van der Waals surface area contributed by atoms with Gasteiger partial charge in [-0.25, -0.2) is 4.39 Å². The number of carbonyl (C=O) groups excluding carboxylic acids is 3. The number of aliphatic hydroxyl groups excluding tert-OH is 2. The van der Waals surface area contributed by atoms with Crippen molar-refractivity contribution in [3.8, 4) is 11.5 Å². The largest absolute Gasteiger partial charge is 0.507 e. The Morgan fingerprint density at radius 1 is 0.929 bits per heavy atom. The van der Waals surface area contributed by atoms with Gasteiger partial charge in [0.15, 0.2) is 17.7 Å². The summed E-state index contributed by atoms with van der Waals surface area (Å²) in [5.41, 5.74) is -2.14. The normalized spacial score (nSPS) is 25.7. The molecular weight excluding hydrogens is 371 g/mol. The number of phenols is 2. The Morgan fingerprint density at radius 3 is 1.86 bits per heavy atom. The van der Waals surface area contributed by atoms with Gasteiger partial charge in [-0.05, 0) is 6.92 Å². The Hall–Kier alpha value is -3.10. The fraction of sp³-hybridized carbons (Fsp3) is 0.250. The van der Waals surface area contributed by atoms with Crippen LogP contribution in [0.2, 0.25) is 0 Å². The second kappa shape index (κ2) is 5.95. The highest BCUT2D eigenvalue weighted by atomic mass is 19.1. The van der Waals surface area contributed by atoms with Gasteiger partial charge in [0, 0.05) is 22.3 Å². The third-order valence-corrected chi connectivity index (χ3v) is 5.41. The molecule has 2 aromatic rings. The van der Waals surface area contributed by atoms with Crippen LogP contribution in [0.5, 0.6) is 11.5 Å². The molecule has 0 saturated heterocycles. The smallest absolute Gasteiger partial charge is 0.198 e. The third kappa shape index (κ3) is 2.12. The first-order valence-electron chi connectivity index (χ1n) is 8.49. The zero-order valence-corrected chi connectivity index (χ0v) is 14.5. The van der Waals surface area contributed by atoms with E-state index in [4.69, 9.17) is 0 Å². The summed E-state index contributed by atoms with van der Waals surface area (Å²) in [7, 11) is 0. The Balaban J connectivity index is 2.12. The molecule has 8 heteroatoms. The summed E-state index contributed by atoms with van der Waals surface area (Å²) in [6.45, 7) is 1.04. The lowest BCUT2D eigenvalue weighted by Gasteiger charge is -2.37. The molecule has 0 aliphatic heterocycles. The van der Waals surface area contributed by atoms with Crippen LogP contribution in [0.25, 0.3) is 0 Å². The quantitative estimate of drug-likeness (QED) is 0.463. The van der Waals surface area contributed by atoms with Crippen LogP contribution in [-0.4, -0.2) is 50.1 Å². The molecule has 0 aromatic heterocycles. The van der Waals surface area contributed by atoms with Crippen molar-refractivity contribution in [2.75, 3.05) is 0 Å². The first-order chi connectivity index (χ1) is 13.2. The highest BCUT2D eigenvalue weighted by molar-refractivity contribution is 6.30. The molecule has 2 aliphatic carbocycles. The van der Waals surface area contributed by atoms with Gasteiger partial charge < -0.3 is 20.4 Å². The minimum absolute atomic E-state index is 0.00528. The van der Waals surface area contributed by atoms with Crippen LogP contribution in [0.3, 0.4) is 0 Å². The molecule has 0 amide bonds. The van der Waals surface area contributed by atoms with E-state index in [9.17, 15) is 39.2 Å². The first kappa shape index (κ1) is 18.3. The minimum Gasteiger partial charge on any atom is -0.507 e. The van der Waals surface area contributed by atoms with Crippen molar-refractivity contribution in [2.24, 2.45) is 0 Å². The number of Topliss-reactive ketones (excluding diaryl/α,β-unsaturated/α-hetero) is 1. The average molecular weight is 386 g/mol. The molecule has 7 nitrogen and oxygen atoms in total. The summed E-state index contributed by atoms with van der Waals surface area (Å²) < 4.78 is 14.4. The number of halogens is 1. The monoisotopic (exact) mass is 386 g/mol. The maximum absolute atomic E-state index is 14.4. The number of fused-ring (bicyclic) bond motifs is 3. The number of hydrogen-bond donors (Lipinski definition) is 4. The van der Waals surface area contributed by atoms with Gasteiger partial charge >= 0.3 is 0 Å². The molecule has 2 unspecified atom stereocenters. The molecule has 0 spiro atoms. The lowest BCUT2D eigenvalue weighted by molar-refractivity contribution is -0.125. The predicted molar refractivity (Wildman–Crippen MR) is 92.4 cm³/mol. The van der Waals surface area contributed by atoms with E-state index in [-0.39, 0.29) is 11.1 Å². The number of aliphatic hydroxyl groups is 2. The van der Waals surface area contributed by atoms with Crippen molar-refractivity contribution in [2.45, 2.75) is 31.2 Å². The van der Waals surface area contributed by atoms with E-state index in [0.717, 1.165) is 6.92 Å². The Kier molecular flexibility index (Phi) is 3.88. The molecule has 0 heterocycles. The molecule has 2 aromatic carbocycles. The summed E-state index contributed by atoms with van der Waals surface area (Å²) in [5.74, 6) is -5.63. The van der Waals surface area contributed by atoms with Gasteiger partial charge in [0.2, 0.25) is 0 Å². The molecule has 0 saturated carbocycles. The Labute approximate surface area is 157 Å². The van der Waals surface area contributed by atoms with Gasteiger partial charge in [-0.2, -0.15) is 0 Å². The average Bonchev–Trinajstić information content (AvgIpc) is 2.66. The summed E-state index contributed by atoms with van der Waals surface area (Å²) in [6.07, 6.45) is -6.44. The van der Waals surface area contributed by atoms with Crippen molar-refractivity contribution in [1.82, 2.24) is 0 Å². The number of rotatable bonds is 1. The van der Waals surface area contributed by atoms with Gasteiger partial charge in [-0.1, -0.05) is 24.3 Å². The number of alkyl halides is 1. The van der Waals surface area contributed by atoms with Crippen LogP contribution in [0.1, 0.15) is 61.9 Å². The van der Waals surface area contributed by atoms with E-state index in [2.05, 4.69) is 0 Å². The van der Waals surface area contributed by atoms with E-state index < -0.39 is 75.4 Å². The van der Waals surface area contributed by atoms with Crippen LogP contribution in [-0.2, 0) is 4.79 Å². The van der Waals surface area contributed by atoms with E-state index in [1.54, 1.807) is 0 Å². The van der Waals surface area contributed by atoms with Crippen molar-refractivity contribution in [1.29, 1.82) is 0 Å². The van der Waals surface area contributed by atoms with Gasteiger partial charge in [-0.15, -0.1) is 0 Å². The molecule has 0 bridgehead atoms. The van der Waals surface area contributed by atoms with Crippen LogP contribution < -0.4 is 0 Å². The number of carbonyl (C=O) groups is 3. The number of hydrogen-bond acceptors (Lipinski definition) is 7. The van der Waals surface area contributed by atoms with Crippen LogP contribution in [0.15, 0.2) is 24.3 Å². The summed E-state index contributed by atoms with van der Waals surface area (Å²) in [4.78, 5) is 37.8. The van der Waals surface area contributed by atoms with Crippen molar-refractivity contribution >= 4 is 17.3 Å². The number of phenolic OH excluding ortho intramolecular Hbond substituents is 2. The Morgan fingerprint density at radius 2 is 1.39 bits per heavy atom. The summed E-state index contributed by atoms with van der Waals surface area (Å²) >= 11 is 0. The fourth-order valence-corrected chi connectivity index (χ4v) is 4.11. The Bertz CT molecular complexity index is 1070. The first-order valence-corrected chi connectivity index (χ1v) is 8.49. The van der Waals surface area contributed by atoms with Crippen molar-refractivity contribution in [3.05, 3.63) is 57.6 Å². The van der Waals surface area contributed by atoms with Gasteiger partial charge in [0.1, 0.15) is 29.5 Å². The summed E-state index contributed by atoms with van der Waals surface area (Å²) in [5, 5.41) is 41.8. The molecule has 0 radical (unpaired) electrons. The number of ketones is 3. The molecule has 4 rings (SSSR count). The SMILES string of the molecule is CC(=O)C1c2c(O)c3c(c(O)c2[C@@H](O)C(F)[C@@H]1O)C(=O)c1ccccc1C3=O. The van der Waals surface area contributed by atoms with E-state index in [1.165, 1.54) is 24.3 Å². The lowest BCUT2D eigenvalue weighted by atomic mass is 9.71. The van der Waals surface area contributed by atoms with Crippen LogP contribution >= 0.6 is 0 Å². The topological polar surface area (TPSA) is 132 Å². The second-order valence-electron chi connectivity index (χ2n) is 6.95. The van der Waals surface area contributed by atoms with Crippen LogP contribution in [0, 0.1) is 0 Å². The zero-order valence-electron chi connectivity index (χ0n) is 14.5. The highest BCUT2D eigenvalue weighted by Gasteiger charge is 2.50. The lowest BCUT2D eigenvalue weighted by Crippen LogP contribution is -2.42. The molecule has 4 atom stereocenters. The highest BCUT2D eigenvalue weighted by Crippen LogP contribution is 2.52. The zero-order chi connectivity index (χ0) is 20.5. The standard InChI is InChI=1S/C20H15FO7/c1-6(22)9-10-11(20(28)14(21)19(9)27)18(26)13-12(17(10)25)15(23)7-4-2-3-5-8(7)16(13)24/h2-5,9,14,19-20,25-28H,1H3/t9?,14?,19-,20-/m1/s1. The maximum Gasteiger partial charge on any atom is 0.198 e. The molecule has 2 aliphatic rings. The van der Waals surface area contributed by atoms with Crippen LogP contribution in [0.4, 0.5) is 4.39 Å². The maximum atomic E-state index is 14.4. The molecule has 4 N–H and O–H groups in total. The third-order valence-electron chi connectivity index (χ3n) is 5.41. The van der Waals surface area contributed by atoms with E-state index in [1.807, 2.05) is 0 Å². The number of aromatic hydroxyl groups is 2. The number of benzene rings is 2. The van der Waals surface area contributed by atoms with Gasteiger partial charge in [0.25, 0.3) is 0 Å². The minimum atomic E-state index is -2.34. The van der Waals surface area contributed by atoms with E-state index in [0.29, 0.717) is 0 Å². The van der Waals surface area contributed by atoms with Crippen molar-refractivity contribution < 1.29 is 39.2 Å². The molecule has 28 heavy (non-hydrogen) atoms. The molecule has 0 fully saturated rings. The molecular formula is C20H15FO7. The van der Waals surface area contributed by atoms with E-state index >= 15 is 0 Å². The fourth-order valence-electron chi connectivity index (χ4n) is 4.11.